The first kappa shape index (κ1) is 55.2. The van der Waals surface area contributed by atoms with Crippen LogP contribution in [0.2, 0.25) is 0 Å². The summed E-state index contributed by atoms with van der Waals surface area (Å²) in [5.74, 6) is -0.193. The smallest absolute Gasteiger partial charge is 0.268 e. The van der Waals surface area contributed by atoms with Gasteiger partial charge in [-0.2, -0.15) is 0 Å². The Morgan fingerprint density at radius 1 is 0.607 bits per heavy atom. The molecule has 0 aliphatic carbocycles. The maximum absolute atomic E-state index is 12.9. The first-order valence-electron chi connectivity index (χ1n) is 24.1. The number of nitrogens with zero attached hydrogens (tertiary/aromatic N) is 1. The highest BCUT2D eigenvalue weighted by Gasteiger charge is 2.23. The van der Waals surface area contributed by atoms with Crippen LogP contribution in [-0.4, -0.2) is 68.5 Å². The van der Waals surface area contributed by atoms with Crippen LogP contribution in [0.5, 0.6) is 0 Å². The highest BCUT2D eigenvalue weighted by Crippen LogP contribution is 2.38. The maximum Gasteiger partial charge on any atom is 0.268 e. The lowest BCUT2D eigenvalue weighted by Gasteiger charge is -2.29. The van der Waals surface area contributed by atoms with Crippen molar-refractivity contribution in [3.05, 3.63) is 12.2 Å². The molecule has 0 spiro atoms. The Balaban J connectivity index is 4.33. The molecule has 9 heteroatoms. The topological polar surface area (TPSA) is 108 Å². The Hall–Kier alpha value is -0.760. The van der Waals surface area contributed by atoms with Gasteiger partial charge in [-0.25, -0.2) is 0 Å². The predicted octanol–water partition coefficient (Wildman–Crippen LogP) is 12.9. The number of phosphoric acid groups is 1. The van der Waals surface area contributed by atoms with Crippen LogP contribution < -0.4 is 10.2 Å². The number of phosphoric ester groups is 1. The van der Waals surface area contributed by atoms with Gasteiger partial charge in [0.1, 0.15) is 13.2 Å². The summed E-state index contributed by atoms with van der Waals surface area (Å²) in [6.45, 7) is 4.67. The van der Waals surface area contributed by atoms with Crippen LogP contribution in [0.3, 0.4) is 0 Å². The number of aliphatic hydroxyl groups is 1. The number of unbranched alkanes of at least 4 members (excludes halogenated alkanes) is 31. The van der Waals surface area contributed by atoms with Crippen molar-refractivity contribution in [2.24, 2.45) is 0 Å². The maximum atomic E-state index is 12.9. The van der Waals surface area contributed by atoms with E-state index in [4.69, 9.17) is 9.05 Å². The van der Waals surface area contributed by atoms with E-state index in [2.05, 4.69) is 19.2 Å². The van der Waals surface area contributed by atoms with Crippen molar-refractivity contribution < 1.29 is 32.9 Å². The van der Waals surface area contributed by atoms with E-state index >= 15 is 0 Å². The zero-order chi connectivity index (χ0) is 41.4. The van der Waals surface area contributed by atoms with Gasteiger partial charge in [-0.15, -0.1) is 0 Å². The number of hydrogen-bond acceptors (Lipinski definition) is 6. The predicted molar refractivity (Wildman–Crippen MR) is 238 cm³/mol. The molecule has 1 amide bonds. The number of quaternary nitrogens is 1. The summed E-state index contributed by atoms with van der Waals surface area (Å²) in [5.41, 5.74) is 0. The van der Waals surface area contributed by atoms with E-state index in [1.54, 1.807) is 6.08 Å². The largest absolute Gasteiger partial charge is 0.756 e. The van der Waals surface area contributed by atoms with E-state index in [1.165, 1.54) is 173 Å². The quantitative estimate of drug-likeness (QED) is 0.0274. The number of rotatable bonds is 44. The third-order valence-corrected chi connectivity index (χ3v) is 12.0. The molecule has 0 aliphatic heterocycles. The third kappa shape index (κ3) is 41.4. The molecule has 0 fully saturated rings. The number of aliphatic hydroxyl groups excluding tert-OH is 1. The second kappa shape index (κ2) is 39.7. The van der Waals surface area contributed by atoms with E-state index < -0.39 is 20.0 Å². The van der Waals surface area contributed by atoms with Gasteiger partial charge in [0.05, 0.1) is 39.9 Å². The van der Waals surface area contributed by atoms with Crippen LogP contribution in [0.4, 0.5) is 0 Å². The minimum absolute atomic E-state index is 0.00229. The average molecular weight is 815 g/mol. The average Bonchev–Trinajstić information content (AvgIpc) is 3.15. The number of carbonyl (C=O) groups excluding carboxylic acids is 1. The minimum Gasteiger partial charge on any atom is -0.756 e. The van der Waals surface area contributed by atoms with E-state index in [-0.39, 0.29) is 19.1 Å². The van der Waals surface area contributed by atoms with E-state index in [0.717, 1.165) is 38.5 Å². The Kier molecular flexibility index (Phi) is 39.1. The van der Waals surface area contributed by atoms with Crippen molar-refractivity contribution in [2.45, 2.75) is 244 Å². The second-order valence-corrected chi connectivity index (χ2v) is 19.2. The van der Waals surface area contributed by atoms with Crippen molar-refractivity contribution in [3.63, 3.8) is 0 Å². The lowest BCUT2D eigenvalue weighted by Crippen LogP contribution is -2.45. The lowest BCUT2D eigenvalue weighted by molar-refractivity contribution is -0.870. The van der Waals surface area contributed by atoms with Gasteiger partial charge >= 0.3 is 0 Å². The molecular formula is C47H95N2O6P. The van der Waals surface area contributed by atoms with Gasteiger partial charge in [-0.3, -0.25) is 9.36 Å². The number of amides is 1. The molecule has 0 aromatic rings. The second-order valence-electron chi connectivity index (χ2n) is 17.8. The summed E-state index contributed by atoms with van der Waals surface area (Å²) in [6.07, 6.45) is 45.4. The molecule has 3 unspecified atom stereocenters. The summed E-state index contributed by atoms with van der Waals surface area (Å²) in [7, 11) is 1.27. The van der Waals surface area contributed by atoms with Crippen LogP contribution >= 0.6 is 7.82 Å². The molecule has 0 aromatic heterocycles. The Morgan fingerprint density at radius 3 is 1.34 bits per heavy atom. The van der Waals surface area contributed by atoms with Crippen molar-refractivity contribution >= 4 is 13.7 Å². The molecule has 0 saturated heterocycles. The number of hydrogen-bond donors (Lipinski definition) is 2. The van der Waals surface area contributed by atoms with E-state index in [0.29, 0.717) is 17.4 Å². The highest BCUT2D eigenvalue weighted by molar-refractivity contribution is 7.45. The molecule has 8 nitrogen and oxygen atoms in total. The van der Waals surface area contributed by atoms with Crippen molar-refractivity contribution in [2.75, 3.05) is 40.9 Å². The van der Waals surface area contributed by atoms with Crippen molar-refractivity contribution in [1.82, 2.24) is 5.32 Å². The van der Waals surface area contributed by atoms with Gasteiger partial charge < -0.3 is 28.8 Å². The Bertz CT molecular complexity index is 927. The summed E-state index contributed by atoms with van der Waals surface area (Å²) in [4.78, 5) is 25.3. The standard InChI is InChI=1S/C47H95N2O6P/c1-6-8-10-12-14-16-18-20-22-24-25-27-29-31-33-35-37-39-41-47(51)48-45(44-55-56(52,53)54-43-42-49(3,4)5)46(50)40-38-36-34-32-30-28-26-23-21-19-17-15-13-11-9-7-2/h38,40,45-46,50H,6-37,39,41-44H2,1-5H3,(H-,48,51,52,53)/b40-38+. The molecule has 3 atom stereocenters. The van der Waals surface area contributed by atoms with Crippen LogP contribution in [-0.2, 0) is 18.4 Å². The normalized spacial score (nSPS) is 14.3. The molecule has 56 heavy (non-hydrogen) atoms. The molecule has 0 rings (SSSR count). The highest BCUT2D eigenvalue weighted by atomic mass is 31.2. The molecule has 2 N–H and O–H groups in total. The lowest BCUT2D eigenvalue weighted by atomic mass is 10.0. The molecule has 0 bridgehead atoms. The molecule has 0 aliphatic rings. The van der Waals surface area contributed by atoms with Crippen LogP contribution in [0, 0.1) is 0 Å². The number of likely N-dealkylation sites (N-methyl/N-ethyl adjacent to an activating group) is 1. The number of carbonyl (C=O) groups is 1. The van der Waals surface area contributed by atoms with Crippen LogP contribution in [0.1, 0.15) is 232 Å². The third-order valence-electron chi connectivity index (χ3n) is 11.0. The molecule has 0 radical (unpaired) electrons. The molecule has 334 valence electrons. The first-order valence-corrected chi connectivity index (χ1v) is 25.5. The van der Waals surface area contributed by atoms with Gasteiger partial charge in [-0.1, -0.05) is 219 Å². The van der Waals surface area contributed by atoms with Gasteiger partial charge in [0, 0.05) is 6.42 Å². The monoisotopic (exact) mass is 815 g/mol. The summed E-state index contributed by atoms with van der Waals surface area (Å²) >= 11 is 0. The van der Waals surface area contributed by atoms with Gasteiger partial charge in [-0.05, 0) is 19.3 Å². The SMILES string of the molecule is CCCCCCCCCCCCCCCC/C=C/C(O)C(COP(=O)([O-])OCC[N+](C)(C)C)NC(=O)CCCCCCCCCCCCCCCCCCCC. The minimum atomic E-state index is -4.58. The van der Waals surface area contributed by atoms with Gasteiger partial charge in [0.15, 0.2) is 0 Å². The zero-order valence-corrected chi connectivity index (χ0v) is 38.7. The van der Waals surface area contributed by atoms with Crippen LogP contribution in [0.15, 0.2) is 12.2 Å². The zero-order valence-electron chi connectivity index (χ0n) is 37.9. The van der Waals surface area contributed by atoms with Crippen molar-refractivity contribution in [1.29, 1.82) is 0 Å². The number of allylic oxidation sites excluding steroid dienone is 1. The fraction of sp³-hybridized carbons (Fsp3) is 0.936. The van der Waals surface area contributed by atoms with Gasteiger partial charge in [0.2, 0.25) is 5.91 Å². The van der Waals surface area contributed by atoms with Gasteiger partial charge in [0.25, 0.3) is 7.82 Å². The van der Waals surface area contributed by atoms with E-state index in [9.17, 15) is 19.4 Å². The molecular weight excluding hydrogens is 719 g/mol. The number of nitrogens with one attached hydrogen (secondary N) is 1. The van der Waals surface area contributed by atoms with E-state index in [1.807, 2.05) is 27.2 Å². The fourth-order valence-corrected chi connectivity index (χ4v) is 7.88. The Labute approximate surface area is 348 Å². The first-order chi connectivity index (χ1) is 27.0. The fourth-order valence-electron chi connectivity index (χ4n) is 7.15. The van der Waals surface area contributed by atoms with Crippen molar-refractivity contribution in [3.8, 4) is 0 Å². The molecule has 0 saturated carbocycles. The summed E-state index contributed by atoms with van der Waals surface area (Å²) in [6, 6.07) is -0.880. The Morgan fingerprint density at radius 2 is 0.964 bits per heavy atom. The summed E-state index contributed by atoms with van der Waals surface area (Å²) in [5, 5.41) is 13.8. The molecule has 0 heterocycles. The van der Waals surface area contributed by atoms with Crippen LogP contribution in [0.25, 0.3) is 0 Å². The summed E-state index contributed by atoms with van der Waals surface area (Å²) < 4.78 is 23.2. The molecule has 0 aromatic carbocycles.